The Kier molecular flexibility index (Phi) is 3.00. The second kappa shape index (κ2) is 4.67. The first-order chi connectivity index (χ1) is 9.19. The van der Waals surface area contributed by atoms with Gasteiger partial charge in [0.25, 0.3) is 0 Å². The van der Waals surface area contributed by atoms with Crippen molar-refractivity contribution >= 4 is 16.3 Å². The molecule has 0 unspecified atom stereocenters. The highest BCUT2D eigenvalue weighted by atomic mass is 32.1. The fourth-order valence-corrected chi connectivity index (χ4v) is 2.57. The van der Waals surface area contributed by atoms with Crippen molar-refractivity contribution in [1.82, 2.24) is 19.2 Å². The summed E-state index contributed by atoms with van der Waals surface area (Å²) in [6, 6.07) is 0.303. The van der Waals surface area contributed by atoms with Crippen molar-refractivity contribution in [1.29, 1.82) is 0 Å². The van der Waals surface area contributed by atoms with Gasteiger partial charge in [-0.25, -0.2) is 0 Å². The minimum absolute atomic E-state index is 0.303. The lowest BCUT2D eigenvalue weighted by atomic mass is 10.4. The average Bonchev–Trinajstić information content (AvgIpc) is 3.04. The minimum atomic E-state index is 0.303. The Morgan fingerprint density at radius 1 is 1.47 bits per heavy atom. The second-order valence-electron chi connectivity index (χ2n) is 4.48. The first kappa shape index (κ1) is 12.2. The molecular formula is C12H15N5OS. The Bertz CT molecular complexity index is 696. The van der Waals surface area contributed by atoms with Gasteiger partial charge in [-0.05, 0) is 13.8 Å². The molecule has 3 aromatic rings. The van der Waals surface area contributed by atoms with Crippen LogP contribution in [0.15, 0.2) is 24.0 Å². The van der Waals surface area contributed by atoms with Crippen LogP contribution < -0.4 is 10.5 Å². The smallest absolute Gasteiger partial charge is 0.243 e. The van der Waals surface area contributed by atoms with Gasteiger partial charge in [0.05, 0.1) is 12.4 Å². The fraction of sp³-hybridized carbons (Fsp3) is 0.333. The van der Waals surface area contributed by atoms with Crippen LogP contribution in [0.4, 0.5) is 0 Å². The molecule has 2 N–H and O–H groups in total. The van der Waals surface area contributed by atoms with Crippen LogP contribution >= 0.6 is 11.3 Å². The Hall–Kier alpha value is -1.86. The summed E-state index contributed by atoms with van der Waals surface area (Å²) in [5.74, 6) is 1.23. The van der Waals surface area contributed by atoms with E-state index in [4.69, 9.17) is 10.5 Å². The topological polar surface area (TPSA) is 70.4 Å². The van der Waals surface area contributed by atoms with Crippen molar-refractivity contribution in [2.45, 2.75) is 26.4 Å². The van der Waals surface area contributed by atoms with Crippen LogP contribution in [0.25, 0.3) is 4.96 Å². The van der Waals surface area contributed by atoms with E-state index < -0.39 is 0 Å². The van der Waals surface area contributed by atoms with Gasteiger partial charge in [0.2, 0.25) is 5.88 Å². The molecule has 7 heteroatoms. The van der Waals surface area contributed by atoms with Gasteiger partial charge in [-0.1, -0.05) is 0 Å². The quantitative estimate of drug-likeness (QED) is 0.795. The van der Waals surface area contributed by atoms with Crippen LogP contribution in [0.3, 0.4) is 0 Å². The highest BCUT2D eigenvalue weighted by Crippen LogP contribution is 2.27. The molecule has 0 aromatic carbocycles. The zero-order chi connectivity index (χ0) is 13.4. The number of nitrogens with zero attached hydrogens (tertiary/aromatic N) is 4. The van der Waals surface area contributed by atoms with Crippen LogP contribution in [-0.4, -0.2) is 19.2 Å². The van der Waals surface area contributed by atoms with E-state index in [1.54, 1.807) is 17.5 Å². The number of hydrogen-bond acceptors (Lipinski definition) is 5. The number of imidazole rings is 1. The summed E-state index contributed by atoms with van der Waals surface area (Å²) in [6.07, 6.45) is 5.49. The van der Waals surface area contributed by atoms with Crippen LogP contribution in [0.5, 0.6) is 11.6 Å². The van der Waals surface area contributed by atoms with Gasteiger partial charge in [-0.2, -0.15) is 10.1 Å². The van der Waals surface area contributed by atoms with E-state index in [9.17, 15) is 0 Å². The molecule has 0 amide bonds. The van der Waals surface area contributed by atoms with Gasteiger partial charge < -0.3 is 10.5 Å². The van der Waals surface area contributed by atoms with Crippen LogP contribution in [0.2, 0.25) is 0 Å². The van der Waals surface area contributed by atoms with E-state index in [-0.39, 0.29) is 0 Å². The molecule has 3 heterocycles. The lowest BCUT2D eigenvalue weighted by Crippen LogP contribution is -2.01. The Balaban J connectivity index is 1.93. The van der Waals surface area contributed by atoms with Gasteiger partial charge in [-0.15, -0.1) is 11.3 Å². The molecule has 0 atom stereocenters. The standard InChI is InChI=1S/C12H15N5OS/c1-8(2)17-7-9(6-14-17)18-11-10(5-13)16-3-4-19-12(16)15-11/h3-4,6-8H,5,13H2,1-2H3. The predicted octanol–water partition coefficient (Wildman–Crippen LogP) is 2.42. The fourth-order valence-electron chi connectivity index (χ4n) is 1.85. The second-order valence-corrected chi connectivity index (χ2v) is 5.35. The van der Waals surface area contributed by atoms with Crippen molar-refractivity contribution in [3.05, 3.63) is 29.7 Å². The third-order valence-electron chi connectivity index (χ3n) is 2.84. The number of nitrogens with two attached hydrogens (primary N) is 1. The Labute approximate surface area is 114 Å². The summed E-state index contributed by atoms with van der Waals surface area (Å²) in [5, 5.41) is 6.21. The number of rotatable bonds is 4. The number of aromatic nitrogens is 4. The van der Waals surface area contributed by atoms with Gasteiger partial charge >= 0.3 is 0 Å². The third-order valence-corrected chi connectivity index (χ3v) is 3.60. The Morgan fingerprint density at radius 3 is 3.00 bits per heavy atom. The molecule has 0 spiro atoms. The zero-order valence-electron chi connectivity index (χ0n) is 10.8. The zero-order valence-corrected chi connectivity index (χ0v) is 11.6. The summed E-state index contributed by atoms with van der Waals surface area (Å²) in [6.45, 7) is 4.51. The van der Waals surface area contributed by atoms with Crippen molar-refractivity contribution < 1.29 is 4.74 Å². The van der Waals surface area contributed by atoms with E-state index in [0.29, 0.717) is 24.2 Å². The highest BCUT2D eigenvalue weighted by Gasteiger charge is 2.14. The lowest BCUT2D eigenvalue weighted by molar-refractivity contribution is 0.455. The van der Waals surface area contributed by atoms with E-state index in [1.165, 1.54) is 0 Å². The number of hydrogen-bond donors (Lipinski definition) is 1. The molecule has 0 saturated carbocycles. The number of ether oxygens (including phenoxy) is 1. The van der Waals surface area contributed by atoms with Crippen molar-refractivity contribution in [3.8, 4) is 11.6 Å². The maximum absolute atomic E-state index is 5.79. The minimum Gasteiger partial charge on any atom is -0.434 e. The first-order valence-electron chi connectivity index (χ1n) is 6.05. The van der Waals surface area contributed by atoms with Crippen molar-refractivity contribution in [2.75, 3.05) is 0 Å². The Morgan fingerprint density at radius 2 is 2.32 bits per heavy atom. The third kappa shape index (κ3) is 2.11. The van der Waals surface area contributed by atoms with Gasteiger partial charge in [0.1, 0.15) is 5.69 Å². The van der Waals surface area contributed by atoms with Crippen molar-refractivity contribution in [2.24, 2.45) is 5.73 Å². The molecule has 0 fully saturated rings. The molecule has 0 aliphatic heterocycles. The number of fused-ring (bicyclic) bond motifs is 1. The van der Waals surface area contributed by atoms with E-state index >= 15 is 0 Å². The molecule has 3 aromatic heterocycles. The molecular weight excluding hydrogens is 262 g/mol. The monoisotopic (exact) mass is 277 g/mol. The SMILES string of the molecule is CC(C)n1cc(Oc2nc3sccn3c2CN)cn1. The predicted molar refractivity (Wildman–Crippen MR) is 73.6 cm³/mol. The van der Waals surface area contributed by atoms with Gasteiger partial charge in [0, 0.05) is 24.2 Å². The van der Waals surface area contributed by atoms with Gasteiger partial charge in [0.15, 0.2) is 10.7 Å². The van der Waals surface area contributed by atoms with Crippen LogP contribution in [0, 0.1) is 0 Å². The van der Waals surface area contributed by atoms with E-state index in [2.05, 4.69) is 23.9 Å². The summed E-state index contributed by atoms with van der Waals surface area (Å²) in [7, 11) is 0. The maximum atomic E-state index is 5.79. The molecule has 0 bridgehead atoms. The molecule has 19 heavy (non-hydrogen) atoms. The van der Waals surface area contributed by atoms with Crippen molar-refractivity contribution in [3.63, 3.8) is 0 Å². The van der Waals surface area contributed by atoms with Crippen LogP contribution in [0.1, 0.15) is 25.6 Å². The highest BCUT2D eigenvalue weighted by molar-refractivity contribution is 7.15. The average molecular weight is 277 g/mol. The molecule has 6 nitrogen and oxygen atoms in total. The van der Waals surface area contributed by atoms with E-state index in [1.807, 2.05) is 26.9 Å². The maximum Gasteiger partial charge on any atom is 0.243 e. The summed E-state index contributed by atoms with van der Waals surface area (Å²) < 4.78 is 9.58. The molecule has 3 rings (SSSR count). The molecule has 0 aliphatic carbocycles. The molecule has 0 aliphatic rings. The number of thiazole rings is 1. The molecule has 100 valence electrons. The normalized spacial score (nSPS) is 11.6. The van der Waals surface area contributed by atoms with E-state index in [0.717, 1.165) is 10.7 Å². The molecule has 0 radical (unpaired) electrons. The van der Waals surface area contributed by atoms with Crippen LogP contribution in [-0.2, 0) is 6.54 Å². The summed E-state index contributed by atoms with van der Waals surface area (Å²) in [5.41, 5.74) is 6.64. The first-order valence-corrected chi connectivity index (χ1v) is 6.93. The van der Waals surface area contributed by atoms with Gasteiger partial charge in [-0.3, -0.25) is 9.08 Å². The lowest BCUT2D eigenvalue weighted by Gasteiger charge is -2.03. The summed E-state index contributed by atoms with van der Waals surface area (Å²) in [4.78, 5) is 5.32. The summed E-state index contributed by atoms with van der Waals surface area (Å²) >= 11 is 1.55. The molecule has 0 saturated heterocycles. The largest absolute Gasteiger partial charge is 0.434 e.